The minimum absolute atomic E-state index is 0.872. The van der Waals surface area contributed by atoms with Crippen LogP contribution in [0.5, 0.6) is 0 Å². The zero-order valence-electron chi connectivity index (χ0n) is 9.55. The van der Waals surface area contributed by atoms with Crippen LogP contribution in [-0.2, 0) is 12.3 Å². The first-order valence-electron chi connectivity index (χ1n) is 5.27. The molecule has 0 aliphatic heterocycles. The molecule has 0 aromatic heterocycles. The predicted octanol–water partition coefficient (Wildman–Crippen LogP) is 3.56. The molecule has 1 aromatic carbocycles. The summed E-state index contributed by atoms with van der Waals surface area (Å²) in [6, 6.07) is 8.78. The molecule has 0 bridgehead atoms. The highest BCUT2D eigenvalue weighted by atomic mass is 32.2. The van der Waals surface area contributed by atoms with E-state index in [4.69, 9.17) is 0 Å². The van der Waals surface area contributed by atoms with Crippen LogP contribution in [0.1, 0.15) is 25.0 Å². The van der Waals surface area contributed by atoms with Crippen LogP contribution in [-0.4, -0.2) is 5.75 Å². The lowest BCUT2D eigenvalue weighted by Gasteiger charge is -2.06. The summed E-state index contributed by atoms with van der Waals surface area (Å²) >= 11 is 1.96. The maximum atomic E-state index is 3.81. The van der Waals surface area contributed by atoms with Crippen molar-refractivity contribution in [3.05, 3.63) is 47.7 Å². The van der Waals surface area contributed by atoms with Gasteiger partial charge in [-0.3, -0.25) is 0 Å². The third-order valence-corrected chi connectivity index (χ3v) is 3.04. The van der Waals surface area contributed by atoms with Gasteiger partial charge in [0, 0.05) is 18.0 Å². The first-order valence-corrected chi connectivity index (χ1v) is 6.42. The van der Waals surface area contributed by atoms with Gasteiger partial charge < -0.3 is 5.32 Å². The van der Waals surface area contributed by atoms with Gasteiger partial charge >= 0.3 is 0 Å². The van der Waals surface area contributed by atoms with Gasteiger partial charge in [0.05, 0.1) is 0 Å². The molecule has 1 rings (SSSR count). The third kappa shape index (κ3) is 4.93. The van der Waals surface area contributed by atoms with E-state index in [9.17, 15) is 0 Å². The topological polar surface area (TPSA) is 12.0 Å². The van der Waals surface area contributed by atoms with Crippen LogP contribution in [0.2, 0.25) is 0 Å². The number of benzene rings is 1. The highest BCUT2D eigenvalue weighted by molar-refractivity contribution is 7.98. The van der Waals surface area contributed by atoms with Crippen molar-refractivity contribution in [2.75, 3.05) is 5.75 Å². The van der Waals surface area contributed by atoms with Gasteiger partial charge in [0.2, 0.25) is 0 Å². The lowest BCUT2D eigenvalue weighted by molar-refractivity contribution is 0.815. The first kappa shape index (κ1) is 12.2. The van der Waals surface area contributed by atoms with E-state index in [0.717, 1.165) is 18.0 Å². The van der Waals surface area contributed by atoms with Crippen molar-refractivity contribution in [3.8, 4) is 0 Å². The van der Waals surface area contributed by atoms with Crippen LogP contribution in [0.4, 0.5) is 0 Å². The van der Waals surface area contributed by atoms with E-state index in [0.29, 0.717) is 0 Å². The highest BCUT2D eigenvalue weighted by Crippen LogP contribution is 2.12. The van der Waals surface area contributed by atoms with Gasteiger partial charge in [-0.05, 0) is 23.8 Å². The summed E-state index contributed by atoms with van der Waals surface area (Å²) in [6.07, 6.45) is 0. The van der Waals surface area contributed by atoms with E-state index in [1.54, 1.807) is 0 Å². The normalized spacial score (nSPS) is 10.0. The van der Waals surface area contributed by atoms with Gasteiger partial charge in [-0.1, -0.05) is 37.8 Å². The molecule has 0 unspecified atom stereocenters. The number of hydrogen-bond donors (Lipinski definition) is 1. The summed E-state index contributed by atoms with van der Waals surface area (Å²) in [5.41, 5.74) is 3.73. The Balaban J connectivity index is 2.45. The zero-order chi connectivity index (χ0) is 11.1. The van der Waals surface area contributed by atoms with E-state index in [1.165, 1.54) is 16.9 Å². The second-order valence-corrected chi connectivity index (χ2v) is 4.86. The molecule has 0 amide bonds. The Hall–Kier alpha value is -0.890. The second-order valence-electron chi connectivity index (χ2n) is 3.59. The molecule has 0 spiro atoms. The molecule has 82 valence electrons. The molecule has 15 heavy (non-hydrogen) atoms. The number of allylic oxidation sites excluding steroid dienone is 1. The molecule has 0 aliphatic carbocycles. The number of rotatable bonds is 6. The van der Waals surface area contributed by atoms with Crippen molar-refractivity contribution in [2.24, 2.45) is 0 Å². The smallest absolute Gasteiger partial charge is 0.0397 e. The first-order chi connectivity index (χ1) is 7.22. The average molecular weight is 221 g/mol. The molecule has 0 heterocycles. The fourth-order valence-corrected chi connectivity index (χ4v) is 1.86. The summed E-state index contributed by atoms with van der Waals surface area (Å²) in [5.74, 6) is 2.30. The van der Waals surface area contributed by atoms with E-state index < -0.39 is 0 Å². The molecule has 1 N–H and O–H groups in total. The highest BCUT2D eigenvalue weighted by Gasteiger charge is 1.94. The van der Waals surface area contributed by atoms with Crippen LogP contribution in [0.15, 0.2) is 36.5 Å². The molecule has 0 aliphatic rings. The van der Waals surface area contributed by atoms with Crippen molar-refractivity contribution >= 4 is 11.8 Å². The van der Waals surface area contributed by atoms with Crippen LogP contribution < -0.4 is 5.32 Å². The monoisotopic (exact) mass is 221 g/mol. The van der Waals surface area contributed by atoms with Gasteiger partial charge in [0.1, 0.15) is 0 Å². The zero-order valence-corrected chi connectivity index (χ0v) is 10.4. The molecule has 0 atom stereocenters. The Labute approximate surface area is 97.0 Å². The largest absolute Gasteiger partial charge is 0.385 e. The number of hydrogen-bond acceptors (Lipinski definition) is 2. The van der Waals surface area contributed by atoms with Crippen LogP contribution in [0.25, 0.3) is 0 Å². The SMILES string of the molecule is C=C(C)NCc1ccc(CSCC)cc1. The maximum absolute atomic E-state index is 3.81. The van der Waals surface area contributed by atoms with E-state index in [-0.39, 0.29) is 0 Å². The Kier molecular flexibility index (Phi) is 5.33. The van der Waals surface area contributed by atoms with E-state index in [1.807, 2.05) is 18.7 Å². The van der Waals surface area contributed by atoms with Crippen molar-refractivity contribution in [1.29, 1.82) is 0 Å². The van der Waals surface area contributed by atoms with Gasteiger partial charge in [0.15, 0.2) is 0 Å². The minimum atomic E-state index is 0.872. The molecular weight excluding hydrogens is 202 g/mol. The molecule has 1 nitrogen and oxygen atoms in total. The van der Waals surface area contributed by atoms with Crippen LogP contribution >= 0.6 is 11.8 Å². The lowest BCUT2D eigenvalue weighted by Crippen LogP contribution is -2.08. The molecule has 0 saturated heterocycles. The maximum Gasteiger partial charge on any atom is 0.0397 e. The van der Waals surface area contributed by atoms with E-state index in [2.05, 4.69) is 43.1 Å². The van der Waals surface area contributed by atoms with Crippen molar-refractivity contribution in [1.82, 2.24) is 5.32 Å². The Bertz CT molecular complexity index is 303. The molecule has 0 fully saturated rings. The van der Waals surface area contributed by atoms with Crippen molar-refractivity contribution < 1.29 is 0 Å². The van der Waals surface area contributed by atoms with Gasteiger partial charge in [-0.15, -0.1) is 0 Å². The summed E-state index contributed by atoms with van der Waals surface area (Å²) in [7, 11) is 0. The lowest BCUT2D eigenvalue weighted by atomic mass is 10.1. The van der Waals surface area contributed by atoms with Gasteiger partial charge in [-0.25, -0.2) is 0 Å². The Morgan fingerprint density at radius 1 is 1.27 bits per heavy atom. The Morgan fingerprint density at radius 2 is 1.87 bits per heavy atom. The summed E-state index contributed by atoms with van der Waals surface area (Å²) in [5, 5.41) is 3.22. The van der Waals surface area contributed by atoms with Crippen molar-refractivity contribution in [3.63, 3.8) is 0 Å². The average Bonchev–Trinajstić information content (AvgIpc) is 2.25. The fourth-order valence-electron chi connectivity index (χ4n) is 1.23. The predicted molar refractivity (Wildman–Crippen MR) is 69.9 cm³/mol. The summed E-state index contributed by atoms with van der Waals surface area (Å²) in [6.45, 7) is 8.85. The number of thioether (sulfide) groups is 1. The standard InChI is InChI=1S/C13H19NS/c1-4-15-10-13-7-5-12(6-8-13)9-14-11(2)3/h5-8,14H,2,4,9-10H2,1,3H3. The molecule has 2 heteroatoms. The quantitative estimate of drug-likeness (QED) is 0.788. The fraction of sp³-hybridized carbons (Fsp3) is 0.385. The number of nitrogens with one attached hydrogen (secondary N) is 1. The summed E-state index contributed by atoms with van der Waals surface area (Å²) in [4.78, 5) is 0. The van der Waals surface area contributed by atoms with E-state index >= 15 is 0 Å². The minimum Gasteiger partial charge on any atom is -0.385 e. The Morgan fingerprint density at radius 3 is 2.40 bits per heavy atom. The second kappa shape index (κ2) is 6.57. The van der Waals surface area contributed by atoms with Crippen molar-refractivity contribution in [2.45, 2.75) is 26.1 Å². The third-order valence-electron chi connectivity index (χ3n) is 2.09. The van der Waals surface area contributed by atoms with Crippen LogP contribution in [0, 0.1) is 0 Å². The van der Waals surface area contributed by atoms with Gasteiger partial charge in [0.25, 0.3) is 0 Å². The van der Waals surface area contributed by atoms with Crippen LogP contribution in [0.3, 0.4) is 0 Å². The molecular formula is C13H19NS. The molecule has 0 saturated carbocycles. The van der Waals surface area contributed by atoms with Gasteiger partial charge in [-0.2, -0.15) is 11.8 Å². The molecule has 0 radical (unpaired) electrons. The molecule has 1 aromatic rings. The summed E-state index contributed by atoms with van der Waals surface area (Å²) < 4.78 is 0.